The van der Waals surface area contributed by atoms with Gasteiger partial charge in [0.25, 0.3) is 0 Å². The van der Waals surface area contributed by atoms with Crippen molar-refractivity contribution in [2.24, 2.45) is 5.92 Å². The molecule has 2 aromatic rings. The summed E-state index contributed by atoms with van der Waals surface area (Å²) < 4.78 is 11.1. The first-order chi connectivity index (χ1) is 11.8. The molecule has 1 aliphatic heterocycles. The monoisotopic (exact) mass is 323 g/mol. The van der Waals surface area contributed by atoms with E-state index < -0.39 is 0 Å². The molecule has 1 heterocycles. The zero-order valence-corrected chi connectivity index (χ0v) is 14.4. The molecule has 126 valence electrons. The second-order valence-corrected chi connectivity index (χ2v) is 6.88. The second kappa shape index (κ2) is 6.48. The van der Waals surface area contributed by atoms with Crippen molar-refractivity contribution >= 4 is 0 Å². The molecule has 3 unspecified atom stereocenters. The lowest BCUT2D eigenvalue weighted by Crippen LogP contribution is -2.31. The first-order valence-corrected chi connectivity index (χ1v) is 8.83. The molecule has 2 aliphatic rings. The van der Waals surface area contributed by atoms with E-state index in [2.05, 4.69) is 47.8 Å². The summed E-state index contributed by atoms with van der Waals surface area (Å²) >= 11 is 0. The van der Waals surface area contributed by atoms with Gasteiger partial charge in [-0.1, -0.05) is 36.4 Å². The Bertz CT molecular complexity index is 713. The van der Waals surface area contributed by atoms with Gasteiger partial charge in [0.05, 0.1) is 14.2 Å². The minimum atomic E-state index is 0.568. The van der Waals surface area contributed by atoms with E-state index in [4.69, 9.17) is 9.47 Å². The molecule has 0 amide bonds. The average Bonchev–Trinajstić information content (AvgIpc) is 3.04. The first-order valence-electron chi connectivity index (χ1n) is 8.83. The Balaban J connectivity index is 1.60. The lowest BCUT2D eigenvalue weighted by molar-refractivity contribution is 0.335. The maximum atomic E-state index is 5.66. The molecular formula is C21H25NO2. The number of nitrogens with one attached hydrogen (secondary N) is 1. The van der Waals surface area contributed by atoms with E-state index in [-0.39, 0.29) is 0 Å². The molecule has 0 saturated carbocycles. The van der Waals surface area contributed by atoms with Crippen molar-refractivity contribution in [2.75, 3.05) is 20.8 Å². The minimum absolute atomic E-state index is 0.568. The molecular weight excluding hydrogens is 298 g/mol. The van der Waals surface area contributed by atoms with Crippen LogP contribution in [0.3, 0.4) is 0 Å². The Hall–Kier alpha value is -2.00. The van der Waals surface area contributed by atoms with E-state index in [0.29, 0.717) is 17.9 Å². The smallest absolute Gasteiger partial charge is 0.164 e. The van der Waals surface area contributed by atoms with Gasteiger partial charge in [0.1, 0.15) is 0 Å². The van der Waals surface area contributed by atoms with E-state index in [1.807, 2.05) is 0 Å². The van der Waals surface area contributed by atoms with Crippen molar-refractivity contribution in [1.29, 1.82) is 0 Å². The third-order valence-electron chi connectivity index (χ3n) is 5.74. The normalized spacial score (nSPS) is 25.0. The highest BCUT2D eigenvalue weighted by Gasteiger charge is 2.40. The van der Waals surface area contributed by atoms with Gasteiger partial charge in [-0.2, -0.15) is 0 Å². The Kier molecular flexibility index (Phi) is 4.19. The number of rotatable bonds is 4. The summed E-state index contributed by atoms with van der Waals surface area (Å²) in [6, 6.07) is 15.7. The predicted molar refractivity (Wildman–Crippen MR) is 96.0 cm³/mol. The van der Waals surface area contributed by atoms with Gasteiger partial charge in [-0.25, -0.2) is 0 Å². The number of benzene rings is 2. The summed E-state index contributed by atoms with van der Waals surface area (Å²) in [6.07, 6.45) is 3.40. The average molecular weight is 323 g/mol. The van der Waals surface area contributed by atoms with Crippen molar-refractivity contribution in [1.82, 2.24) is 5.32 Å². The number of hydrogen-bond donors (Lipinski definition) is 1. The Morgan fingerprint density at radius 2 is 1.88 bits per heavy atom. The van der Waals surface area contributed by atoms with Crippen LogP contribution in [0.5, 0.6) is 11.5 Å². The van der Waals surface area contributed by atoms with Gasteiger partial charge < -0.3 is 14.8 Å². The second-order valence-electron chi connectivity index (χ2n) is 6.88. The maximum Gasteiger partial charge on any atom is 0.164 e. The van der Waals surface area contributed by atoms with Crippen LogP contribution in [-0.2, 0) is 12.8 Å². The first kappa shape index (κ1) is 15.5. The summed E-state index contributed by atoms with van der Waals surface area (Å²) in [4.78, 5) is 0. The fourth-order valence-electron chi connectivity index (χ4n) is 4.62. The molecule has 1 saturated heterocycles. The maximum absolute atomic E-state index is 5.66. The van der Waals surface area contributed by atoms with Gasteiger partial charge in [-0.05, 0) is 42.4 Å². The Labute approximate surface area is 144 Å². The number of hydrogen-bond acceptors (Lipinski definition) is 3. The highest BCUT2D eigenvalue weighted by atomic mass is 16.5. The van der Waals surface area contributed by atoms with Crippen LogP contribution < -0.4 is 14.8 Å². The molecule has 24 heavy (non-hydrogen) atoms. The van der Waals surface area contributed by atoms with Gasteiger partial charge in [0, 0.05) is 24.1 Å². The van der Waals surface area contributed by atoms with E-state index in [1.165, 1.54) is 23.1 Å². The van der Waals surface area contributed by atoms with Crippen molar-refractivity contribution in [2.45, 2.75) is 31.2 Å². The van der Waals surface area contributed by atoms with E-state index >= 15 is 0 Å². The fraction of sp³-hybridized carbons (Fsp3) is 0.429. The van der Waals surface area contributed by atoms with Crippen LogP contribution in [0.4, 0.5) is 0 Å². The molecule has 3 heteroatoms. The van der Waals surface area contributed by atoms with Crippen LogP contribution in [0, 0.1) is 5.92 Å². The Morgan fingerprint density at radius 3 is 2.62 bits per heavy atom. The fourth-order valence-corrected chi connectivity index (χ4v) is 4.62. The summed E-state index contributed by atoms with van der Waals surface area (Å²) in [5.41, 5.74) is 4.22. The van der Waals surface area contributed by atoms with Crippen molar-refractivity contribution in [3.63, 3.8) is 0 Å². The SMILES string of the molecule is COc1ccc2c(c1OC)CCC1C(Cc3ccccc3)NCC21. The molecule has 0 aromatic heterocycles. The molecule has 0 bridgehead atoms. The van der Waals surface area contributed by atoms with E-state index in [9.17, 15) is 0 Å². The lowest BCUT2D eigenvalue weighted by atomic mass is 9.73. The van der Waals surface area contributed by atoms with E-state index in [0.717, 1.165) is 30.9 Å². The quantitative estimate of drug-likeness (QED) is 0.933. The topological polar surface area (TPSA) is 30.5 Å². The molecule has 1 N–H and O–H groups in total. The Morgan fingerprint density at radius 1 is 1.04 bits per heavy atom. The largest absolute Gasteiger partial charge is 0.493 e. The minimum Gasteiger partial charge on any atom is -0.493 e. The number of methoxy groups -OCH3 is 2. The predicted octanol–water partition coefficient (Wildman–Crippen LogP) is 3.56. The van der Waals surface area contributed by atoms with Gasteiger partial charge in [0.15, 0.2) is 11.5 Å². The molecule has 1 fully saturated rings. The van der Waals surface area contributed by atoms with Crippen LogP contribution in [0.1, 0.15) is 29.0 Å². The van der Waals surface area contributed by atoms with Crippen LogP contribution >= 0.6 is 0 Å². The van der Waals surface area contributed by atoms with Crippen molar-refractivity contribution < 1.29 is 9.47 Å². The third-order valence-corrected chi connectivity index (χ3v) is 5.74. The van der Waals surface area contributed by atoms with E-state index in [1.54, 1.807) is 14.2 Å². The van der Waals surface area contributed by atoms with Crippen molar-refractivity contribution in [3.05, 3.63) is 59.2 Å². The summed E-state index contributed by atoms with van der Waals surface area (Å²) in [5, 5.41) is 3.78. The van der Waals surface area contributed by atoms with Gasteiger partial charge in [-0.15, -0.1) is 0 Å². The zero-order chi connectivity index (χ0) is 16.5. The molecule has 1 aliphatic carbocycles. The van der Waals surface area contributed by atoms with Gasteiger partial charge >= 0.3 is 0 Å². The molecule has 0 radical (unpaired) electrons. The van der Waals surface area contributed by atoms with Crippen LogP contribution in [-0.4, -0.2) is 26.8 Å². The standard InChI is InChI=1S/C21H25NO2/c1-23-20-11-10-15-17(21(20)24-2)9-8-16-18(15)13-22-19(16)12-14-6-4-3-5-7-14/h3-7,10-11,16,18-19,22H,8-9,12-13H2,1-2H3. The van der Waals surface area contributed by atoms with Crippen molar-refractivity contribution in [3.8, 4) is 11.5 Å². The van der Waals surface area contributed by atoms with Crippen LogP contribution in [0.15, 0.2) is 42.5 Å². The van der Waals surface area contributed by atoms with Gasteiger partial charge in [-0.3, -0.25) is 0 Å². The highest BCUT2D eigenvalue weighted by molar-refractivity contribution is 5.53. The third kappa shape index (κ3) is 2.57. The molecule has 3 nitrogen and oxygen atoms in total. The van der Waals surface area contributed by atoms with Crippen LogP contribution in [0.25, 0.3) is 0 Å². The lowest BCUT2D eigenvalue weighted by Gasteiger charge is -2.32. The number of ether oxygens (including phenoxy) is 2. The molecule has 3 atom stereocenters. The highest BCUT2D eigenvalue weighted by Crippen LogP contribution is 2.47. The number of fused-ring (bicyclic) bond motifs is 3. The molecule has 2 aromatic carbocycles. The summed E-state index contributed by atoms with van der Waals surface area (Å²) in [7, 11) is 3.46. The molecule has 0 spiro atoms. The summed E-state index contributed by atoms with van der Waals surface area (Å²) in [6.45, 7) is 1.06. The van der Waals surface area contributed by atoms with Crippen LogP contribution in [0.2, 0.25) is 0 Å². The molecule has 4 rings (SSSR count). The van der Waals surface area contributed by atoms with Gasteiger partial charge in [0.2, 0.25) is 0 Å². The zero-order valence-electron chi connectivity index (χ0n) is 14.4. The summed E-state index contributed by atoms with van der Waals surface area (Å²) in [5.74, 6) is 3.07.